The first-order valence-corrected chi connectivity index (χ1v) is 10.6. The number of carbonyl (C=O) groups excluding carboxylic acids is 1. The number of nitrogens with zero attached hydrogens (tertiary/aromatic N) is 2. The van der Waals surface area contributed by atoms with Gasteiger partial charge in [0.2, 0.25) is 5.78 Å². The van der Waals surface area contributed by atoms with E-state index in [9.17, 15) is 9.90 Å². The molecule has 1 N–H and O–H groups in total. The number of carbonyl (C=O) groups is 1. The minimum Gasteiger partial charge on any atom is -0.497 e. The molecule has 4 aromatic rings. The van der Waals surface area contributed by atoms with Gasteiger partial charge in [0.25, 0.3) is 5.79 Å². The number of fused-ring (bicyclic) bond motifs is 6. The smallest absolute Gasteiger partial charge is 0.280 e. The van der Waals surface area contributed by atoms with E-state index in [1.807, 2.05) is 61.0 Å². The van der Waals surface area contributed by atoms with Crippen molar-refractivity contribution in [2.24, 2.45) is 0 Å². The number of aromatic nitrogens is 2. The number of aliphatic hydroxyl groups is 1. The fourth-order valence-corrected chi connectivity index (χ4v) is 5.48. The maximum absolute atomic E-state index is 13.6. The molecule has 0 unspecified atom stereocenters. The molecule has 0 fully saturated rings. The molecular weight excluding hydrogens is 404 g/mol. The van der Waals surface area contributed by atoms with Crippen LogP contribution in [0.4, 0.5) is 0 Å². The van der Waals surface area contributed by atoms with Crippen molar-refractivity contribution in [3.8, 4) is 17.2 Å². The number of ketones is 1. The van der Waals surface area contributed by atoms with Gasteiger partial charge in [0.05, 0.1) is 35.5 Å². The number of ether oxygens (including phenoxy) is 2. The third kappa shape index (κ3) is 2.27. The lowest BCUT2D eigenvalue weighted by Gasteiger charge is -2.45. The molecule has 3 heterocycles. The number of methoxy groups -OCH3 is 1. The number of hydrogen-bond acceptors (Lipinski definition) is 5. The molecule has 2 aliphatic heterocycles. The van der Waals surface area contributed by atoms with Crippen LogP contribution in [-0.4, -0.2) is 33.6 Å². The summed E-state index contributed by atoms with van der Waals surface area (Å²) >= 11 is 0. The maximum Gasteiger partial charge on any atom is 0.280 e. The lowest BCUT2D eigenvalue weighted by atomic mass is 9.64. The van der Waals surface area contributed by atoms with Gasteiger partial charge in [-0.2, -0.15) is 5.10 Å². The Morgan fingerprint density at radius 3 is 2.59 bits per heavy atom. The van der Waals surface area contributed by atoms with Crippen molar-refractivity contribution in [1.29, 1.82) is 0 Å². The average molecular weight is 426 g/mol. The van der Waals surface area contributed by atoms with Crippen LogP contribution in [0.2, 0.25) is 0 Å². The molecule has 0 bridgehead atoms. The van der Waals surface area contributed by atoms with Gasteiger partial charge in [-0.25, -0.2) is 4.68 Å². The number of benzene rings is 3. The Balaban J connectivity index is 1.67. The Bertz CT molecular complexity index is 1420. The number of rotatable bonds is 2. The van der Waals surface area contributed by atoms with Gasteiger partial charge in [0.1, 0.15) is 11.5 Å². The van der Waals surface area contributed by atoms with Gasteiger partial charge >= 0.3 is 0 Å². The average Bonchev–Trinajstić information content (AvgIpc) is 3.30. The van der Waals surface area contributed by atoms with Crippen LogP contribution in [0.25, 0.3) is 16.6 Å². The van der Waals surface area contributed by atoms with Crippen LogP contribution >= 0.6 is 0 Å². The predicted molar refractivity (Wildman–Crippen MR) is 120 cm³/mol. The molecule has 6 nitrogen and oxygen atoms in total. The monoisotopic (exact) mass is 426 g/mol. The van der Waals surface area contributed by atoms with Crippen molar-refractivity contribution in [3.63, 3.8) is 0 Å². The molecule has 6 rings (SSSR count). The van der Waals surface area contributed by atoms with E-state index < -0.39 is 22.9 Å². The molecule has 0 saturated heterocycles. The van der Waals surface area contributed by atoms with Crippen LogP contribution in [0.1, 0.15) is 41.4 Å². The molecule has 1 aromatic heterocycles. The van der Waals surface area contributed by atoms with Crippen LogP contribution in [0, 0.1) is 0 Å². The SMILES string of the molecule is COc1ccc2c(c1)[C@H]([C@@]1(O)Oc3ccccc3C1=O)C(C)(C)c1c3ccccc3nn1-2. The number of Topliss-reactive ketones (excluding diaryl/α,β-unsaturated/α-hetero) is 1. The summed E-state index contributed by atoms with van der Waals surface area (Å²) in [6.45, 7) is 4.05. The summed E-state index contributed by atoms with van der Waals surface area (Å²) in [6.07, 6.45) is 0. The van der Waals surface area contributed by atoms with Crippen molar-refractivity contribution in [2.45, 2.75) is 31.0 Å². The zero-order valence-electron chi connectivity index (χ0n) is 18.0. The highest BCUT2D eigenvalue weighted by Gasteiger charge is 2.61. The van der Waals surface area contributed by atoms with Crippen molar-refractivity contribution in [1.82, 2.24) is 9.78 Å². The van der Waals surface area contributed by atoms with E-state index in [0.29, 0.717) is 17.1 Å². The second-order valence-electron chi connectivity index (χ2n) is 8.98. The molecule has 2 atom stereocenters. The summed E-state index contributed by atoms with van der Waals surface area (Å²) in [4.78, 5) is 13.6. The normalized spacial score (nSPS) is 22.8. The van der Waals surface area contributed by atoms with Crippen LogP contribution in [0.3, 0.4) is 0 Å². The Labute approximate surface area is 185 Å². The van der Waals surface area contributed by atoms with E-state index >= 15 is 0 Å². The Morgan fingerprint density at radius 2 is 1.81 bits per heavy atom. The van der Waals surface area contributed by atoms with Gasteiger partial charge in [-0.1, -0.05) is 44.2 Å². The predicted octanol–water partition coefficient (Wildman–Crippen LogP) is 4.37. The van der Waals surface area contributed by atoms with Crippen LogP contribution < -0.4 is 9.47 Å². The van der Waals surface area contributed by atoms with Crippen LogP contribution in [0.15, 0.2) is 66.7 Å². The second-order valence-corrected chi connectivity index (χ2v) is 8.98. The summed E-state index contributed by atoms with van der Waals surface area (Å²) in [5.74, 6) is -2.17. The first-order chi connectivity index (χ1) is 15.4. The molecule has 0 spiro atoms. The minimum atomic E-state index is -2.06. The maximum atomic E-state index is 13.6. The van der Waals surface area contributed by atoms with Crippen molar-refractivity contribution in [3.05, 3.63) is 83.6 Å². The fraction of sp³-hybridized carbons (Fsp3) is 0.231. The van der Waals surface area contributed by atoms with Crippen molar-refractivity contribution < 1.29 is 19.4 Å². The minimum absolute atomic E-state index is 0.388. The summed E-state index contributed by atoms with van der Waals surface area (Å²) in [7, 11) is 1.60. The summed E-state index contributed by atoms with van der Waals surface area (Å²) in [5, 5.41) is 17.8. The zero-order chi connectivity index (χ0) is 22.3. The lowest BCUT2D eigenvalue weighted by molar-refractivity contribution is -0.123. The molecule has 32 heavy (non-hydrogen) atoms. The molecule has 0 aliphatic carbocycles. The van der Waals surface area contributed by atoms with E-state index in [1.54, 1.807) is 31.4 Å². The molecule has 0 amide bonds. The Hall–Kier alpha value is -3.64. The molecule has 6 heteroatoms. The second kappa shape index (κ2) is 6.20. The Kier molecular flexibility index (Phi) is 3.70. The quantitative estimate of drug-likeness (QED) is 0.515. The summed E-state index contributed by atoms with van der Waals surface area (Å²) in [6, 6.07) is 20.5. The van der Waals surface area contributed by atoms with Gasteiger partial charge in [0.15, 0.2) is 0 Å². The van der Waals surface area contributed by atoms with Gasteiger partial charge in [-0.15, -0.1) is 0 Å². The highest BCUT2D eigenvalue weighted by atomic mass is 16.6. The van der Waals surface area contributed by atoms with E-state index in [4.69, 9.17) is 14.6 Å². The first kappa shape index (κ1) is 19.1. The number of para-hydroxylation sites is 1. The van der Waals surface area contributed by atoms with Gasteiger partial charge < -0.3 is 14.6 Å². The third-order valence-corrected chi connectivity index (χ3v) is 6.80. The largest absolute Gasteiger partial charge is 0.497 e. The number of hydrogen-bond donors (Lipinski definition) is 1. The fourth-order valence-electron chi connectivity index (χ4n) is 5.48. The van der Waals surface area contributed by atoms with Crippen LogP contribution in [0.5, 0.6) is 11.5 Å². The van der Waals surface area contributed by atoms with E-state index in [1.165, 1.54) is 0 Å². The molecule has 160 valence electrons. The van der Waals surface area contributed by atoms with E-state index in [-0.39, 0.29) is 0 Å². The first-order valence-electron chi connectivity index (χ1n) is 10.6. The molecule has 0 saturated carbocycles. The van der Waals surface area contributed by atoms with E-state index in [2.05, 4.69) is 0 Å². The highest BCUT2D eigenvalue weighted by molar-refractivity contribution is 6.07. The highest BCUT2D eigenvalue weighted by Crippen LogP contribution is 2.56. The van der Waals surface area contributed by atoms with Gasteiger partial charge in [-0.05, 0) is 42.0 Å². The summed E-state index contributed by atoms with van der Waals surface area (Å²) < 4.78 is 13.5. The lowest BCUT2D eigenvalue weighted by Crippen LogP contribution is -2.54. The molecule has 0 radical (unpaired) electrons. The third-order valence-electron chi connectivity index (χ3n) is 6.80. The van der Waals surface area contributed by atoms with Gasteiger partial charge in [-0.3, -0.25) is 4.79 Å². The summed E-state index contributed by atoms with van der Waals surface area (Å²) in [5.41, 5.74) is 3.00. The van der Waals surface area contributed by atoms with Crippen LogP contribution in [-0.2, 0) is 5.41 Å². The molecular formula is C26H22N2O4. The van der Waals surface area contributed by atoms with Crippen molar-refractivity contribution in [2.75, 3.05) is 7.11 Å². The van der Waals surface area contributed by atoms with Gasteiger partial charge in [0, 0.05) is 10.8 Å². The molecule has 2 aliphatic rings. The standard InChI is InChI=1S/C26H22N2O4/c1-25(2)22(26(30)24(29)17-9-5-7-11-21(17)32-26)18-14-15(31-3)12-13-20(18)28-23(25)16-8-4-6-10-19(16)27-28/h4-14,22,30H,1-3H3/t22-,26+/m0/s1. The van der Waals surface area contributed by atoms with E-state index in [0.717, 1.165) is 27.8 Å². The van der Waals surface area contributed by atoms with Crippen molar-refractivity contribution >= 4 is 16.7 Å². The molecule has 3 aromatic carbocycles. The topological polar surface area (TPSA) is 73.6 Å². The Morgan fingerprint density at radius 1 is 1.06 bits per heavy atom. The zero-order valence-corrected chi connectivity index (χ0v) is 18.0.